The number of hydrogen-bond acceptors (Lipinski definition) is 9. The van der Waals surface area contributed by atoms with Crippen LogP contribution in [0.3, 0.4) is 0 Å². The zero-order valence-electron chi connectivity index (χ0n) is 31.2. The van der Waals surface area contributed by atoms with E-state index < -0.39 is 78.6 Å². The van der Waals surface area contributed by atoms with Crippen LogP contribution >= 0.6 is 0 Å². The van der Waals surface area contributed by atoms with Crippen molar-refractivity contribution in [3.63, 3.8) is 0 Å². The maximum Gasteiger partial charge on any atom is 0.483 e. The molecule has 4 heterocycles. The van der Waals surface area contributed by atoms with Gasteiger partial charge in [0.05, 0.1) is 0 Å². The Labute approximate surface area is 321 Å². The quantitative estimate of drug-likeness (QED) is 0.0333. The molecule has 23 nitrogen and oxygen atoms in total. The van der Waals surface area contributed by atoms with Crippen molar-refractivity contribution in [3.05, 3.63) is 0 Å². The number of unbranched alkanes of at least 4 members (excludes halogenated alkanes) is 2. The number of nitrogens with zero attached hydrogens (tertiary/aromatic N) is 4. The molecule has 4 saturated heterocycles. The molecule has 4 fully saturated rings. The number of aliphatic carboxylic acids is 6. The molecule has 0 aromatic rings. The van der Waals surface area contributed by atoms with Crippen molar-refractivity contribution in [3.8, 4) is 0 Å². The van der Waals surface area contributed by atoms with Crippen LogP contribution in [-0.2, 0) is 38.4 Å². The normalized spacial score (nSPS) is 29.3. The van der Waals surface area contributed by atoms with E-state index in [9.17, 15) is 68.7 Å². The topological polar surface area (TPSA) is 323 Å². The Kier molecular flexibility index (Phi) is 13.5. The molecule has 10 N–H and O–H groups in total. The smallest absolute Gasteiger partial charge is 0.481 e. The van der Waals surface area contributed by atoms with Gasteiger partial charge in [-0.25, -0.2) is 28.8 Å². The standard InChI is InChI=1S/C33H50N8O15/c42-24(6-4-22(30(52)53)36-32(56)37-23(31(54)55)5-7-26(44)45)34-8-2-1-3-9-35-25(43)18-38-10-12-39(19-27(46)47)14-16-41(21-29(50)51)17-15-40(13-11-38,20-28(48)49)33(38,39)41/h22-23H,1-21H2,(H6-4,34,35,36,37,42,43,44,45,46,47,48,49,50,51,52,53,54,55,56)/p+4/t22-,23-,33?,38?,39+,40?,41?/m0/s1. The van der Waals surface area contributed by atoms with E-state index in [0.717, 1.165) is 0 Å². The van der Waals surface area contributed by atoms with E-state index in [0.29, 0.717) is 71.6 Å². The van der Waals surface area contributed by atoms with Gasteiger partial charge in [0.15, 0.2) is 26.2 Å². The summed E-state index contributed by atoms with van der Waals surface area (Å²) in [4.78, 5) is 109. The molecule has 7 atom stereocenters. The molecule has 56 heavy (non-hydrogen) atoms. The van der Waals surface area contributed by atoms with Crippen LogP contribution in [0.25, 0.3) is 0 Å². The van der Waals surface area contributed by atoms with Crippen LogP contribution < -0.4 is 21.3 Å². The molecule has 312 valence electrons. The van der Waals surface area contributed by atoms with Crippen LogP contribution in [0, 0.1) is 0 Å². The monoisotopic (exact) mass is 802 g/mol. The molecule has 4 unspecified atom stereocenters. The fourth-order valence-electron chi connectivity index (χ4n) is 10.4. The van der Waals surface area contributed by atoms with E-state index in [-0.39, 0.29) is 75.9 Å². The molecule has 0 radical (unpaired) electrons. The fraction of sp³-hybridized carbons (Fsp3) is 0.727. The molecule has 0 aliphatic carbocycles. The molecular weight excluding hydrogens is 748 g/mol. The van der Waals surface area contributed by atoms with Gasteiger partial charge in [-0.2, -0.15) is 0 Å². The molecule has 1 spiro atoms. The van der Waals surface area contributed by atoms with Gasteiger partial charge in [0.2, 0.25) is 5.91 Å². The number of amides is 4. The summed E-state index contributed by atoms with van der Waals surface area (Å²) >= 11 is 0. The molecule has 0 aromatic carbocycles. The van der Waals surface area contributed by atoms with Gasteiger partial charge in [-0.1, -0.05) is 0 Å². The van der Waals surface area contributed by atoms with E-state index in [4.69, 9.17) is 5.11 Å². The molecular formula is C33H54N8O15+4. The predicted molar refractivity (Wildman–Crippen MR) is 186 cm³/mol. The first-order valence-electron chi connectivity index (χ1n) is 18.7. The van der Waals surface area contributed by atoms with Gasteiger partial charge in [-0.3, -0.25) is 14.4 Å². The Morgan fingerprint density at radius 1 is 0.464 bits per heavy atom. The first-order chi connectivity index (χ1) is 26.3. The molecule has 4 aliphatic heterocycles. The summed E-state index contributed by atoms with van der Waals surface area (Å²) in [7, 11) is 0. The van der Waals surface area contributed by atoms with Gasteiger partial charge in [0.1, 0.15) is 64.4 Å². The van der Waals surface area contributed by atoms with E-state index >= 15 is 0 Å². The Bertz CT molecular complexity index is 1530. The zero-order chi connectivity index (χ0) is 41.5. The average Bonchev–Trinajstić information content (AvgIpc) is 3.72. The van der Waals surface area contributed by atoms with Gasteiger partial charge in [0.25, 0.3) is 5.91 Å². The minimum absolute atomic E-state index is 0.0358. The SMILES string of the molecule is O=C(O)CC[C@H](NC(=O)N[C@@H](CCC(=O)NCCCCCNC(=O)C[N+]12CC[N+]3(CC(=O)O)CC[N+]4(CC(=O)O)CC[N@@+](CC(=O)O)(CC1)C342)C(=O)O)C(=O)O. The molecule has 0 bridgehead atoms. The highest BCUT2D eigenvalue weighted by atomic mass is 16.4. The van der Waals surface area contributed by atoms with Gasteiger partial charge in [-0.05, 0) is 32.1 Å². The van der Waals surface area contributed by atoms with E-state index in [1.54, 1.807) is 0 Å². The summed E-state index contributed by atoms with van der Waals surface area (Å²) in [5.74, 6) is -9.39. The van der Waals surface area contributed by atoms with Crippen molar-refractivity contribution in [2.45, 2.75) is 62.9 Å². The second-order valence-corrected chi connectivity index (χ2v) is 15.4. The molecule has 4 rings (SSSR count). The third-order valence-corrected chi connectivity index (χ3v) is 12.1. The number of carbonyl (C=O) groups is 9. The van der Waals surface area contributed by atoms with Crippen molar-refractivity contribution in [1.82, 2.24) is 21.3 Å². The summed E-state index contributed by atoms with van der Waals surface area (Å²) in [6, 6.07) is -4.24. The summed E-state index contributed by atoms with van der Waals surface area (Å²) in [5.41, 5.74) is 0. The molecule has 23 heteroatoms. The lowest BCUT2D eigenvalue weighted by molar-refractivity contribution is -1.36. The first-order valence-corrected chi connectivity index (χ1v) is 18.7. The maximum atomic E-state index is 13.6. The number of rotatable bonds is 24. The van der Waals surface area contributed by atoms with Crippen molar-refractivity contribution in [2.75, 3.05) is 91.6 Å². The molecule has 0 saturated carbocycles. The second-order valence-electron chi connectivity index (χ2n) is 15.4. The highest BCUT2D eigenvalue weighted by Crippen LogP contribution is 2.62. The predicted octanol–water partition coefficient (Wildman–Crippen LogP) is -3.57. The lowest BCUT2D eigenvalue weighted by Crippen LogP contribution is -2.86. The molecule has 0 aromatic heterocycles. The Morgan fingerprint density at radius 2 is 0.821 bits per heavy atom. The highest BCUT2D eigenvalue weighted by molar-refractivity contribution is 5.87. The zero-order valence-corrected chi connectivity index (χ0v) is 31.2. The van der Waals surface area contributed by atoms with E-state index in [1.165, 1.54) is 0 Å². The largest absolute Gasteiger partial charge is 0.483 e. The molecule has 4 amide bonds. The maximum absolute atomic E-state index is 13.6. The van der Waals surface area contributed by atoms with Crippen molar-refractivity contribution < 1.29 is 91.7 Å². The number of urea groups is 1. The van der Waals surface area contributed by atoms with Crippen LogP contribution in [0.2, 0.25) is 0 Å². The summed E-state index contributed by atoms with van der Waals surface area (Å²) in [5, 5.41) is 67.3. The third-order valence-electron chi connectivity index (χ3n) is 12.1. The number of carboxylic acid groups (broad SMARTS) is 6. The number of quaternary nitrogens is 4. The van der Waals surface area contributed by atoms with Crippen molar-refractivity contribution in [2.24, 2.45) is 0 Å². The summed E-state index contributed by atoms with van der Waals surface area (Å²) in [6.07, 6.45) is 0.0924. The highest BCUT2D eigenvalue weighted by Gasteiger charge is 2.99. The fourth-order valence-corrected chi connectivity index (χ4v) is 10.4. The van der Waals surface area contributed by atoms with E-state index in [2.05, 4.69) is 16.0 Å². The van der Waals surface area contributed by atoms with Gasteiger partial charge >= 0.3 is 47.8 Å². The number of nitrogens with one attached hydrogen (secondary N) is 4. The Hall–Kier alpha value is -5.13. The summed E-state index contributed by atoms with van der Waals surface area (Å²) in [6.45, 7) is 2.68. The molecule has 4 aliphatic rings. The minimum atomic E-state index is -1.57. The first kappa shape index (κ1) is 43.6. The second kappa shape index (κ2) is 17.3. The van der Waals surface area contributed by atoms with Crippen LogP contribution in [0.15, 0.2) is 0 Å². The number of hydrogen-bond donors (Lipinski definition) is 10. The third kappa shape index (κ3) is 8.49. The van der Waals surface area contributed by atoms with Crippen LogP contribution in [0.5, 0.6) is 0 Å². The van der Waals surface area contributed by atoms with Crippen LogP contribution in [0.1, 0.15) is 44.9 Å². The summed E-state index contributed by atoms with van der Waals surface area (Å²) < 4.78 is 0.230. The van der Waals surface area contributed by atoms with Gasteiger partial charge < -0.3 is 51.9 Å². The lowest BCUT2D eigenvalue weighted by Gasteiger charge is -2.49. The van der Waals surface area contributed by atoms with Crippen molar-refractivity contribution >= 4 is 53.7 Å². The van der Waals surface area contributed by atoms with Crippen LogP contribution in [-0.4, -0.2) is 212 Å². The van der Waals surface area contributed by atoms with E-state index in [1.807, 2.05) is 5.32 Å². The Morgan fingerprint density at radius 3 is 1.18 bits per heavy atom. The number of carboxylic acids is 6. The van der Waals surface area contributed by atoms with Gasteiger partial charge in [-0.15, -0.1) is 17.9 Å². The minimum Gasteiger partial charge on any atom is -0.481 e. The van der Waals surface area contributed by atoms with Crippen LogP contribution in [0.4, 0.5) is 4.79 Å². The van der Waals surface area contributed by atoms with Gasteiger partial charge in [0, 0.05) is 25.9 Å². The lowest BCUT2D eigenvalue weighted by atomic mass is 10.1. The van der Waals surface area contributed by atoms with Crippen molar-refractivity contribution in [1.29, 1.82) is 0 Å². The average molecular weight is 803 g/mol. The Balaban J connectivity index is 1.26. The number of carbonyl (C=O) groups excluding carboxylic acids is 3.